The first kappa shape index (κ1) is 12.6. The van der Waals surface area contributed by atoms with Crippen LogP contribution < -0.4 is 0 Å². The van der Waals surface area contributed by atoms with E-state index < -0.39 is 0 Å². The average molecular weight is 225 g/mol. The van der Waals surface area contributed by atoms with Gasteiger partial charge in [-0.3, -0.25) is 0 Å². The number of hydrogen-bond donors (Lipinski definition) is 0. The predicted molar refractivity (Wildman–Crippen MR) is 68.5 cm³/mol. The zero-order valence-electron chi connectivity index (χ0n) is 10.0. The van der Waals surface area contributed by atoms with Gasteiger partial charge in [-0.1, -0.05) is 45.4 Å². The number of halogens is 1. The molecule has 0 nitrogen and oxygen atoms in total. The van der Waals surface area contributed by atoms with Gasteiger partial charge in [0.15, 0.2) is 0 Å². The van der Waals surface area contributed by atoms with Crippen LogP contribution in [0.1, 0.15) is 43.9 Å². The Morgan fingerprint density at radius 1 is 1.20 bits per heavy atom. The highest BCUT2D eigenvalue weighted by atomic mass is 35.5. The number of rotatable bonds is 5. The molecule has 0 spiro atoms. The summed E-state index contributed by atoms with van der Waals surface area (Å²) in [4.78, 5) is 0. The standard InChI is InChI=1S/C14H21Cl/c1-4-5-13-7-6-12(8-11(2)3)9-14(13)10-15/h6-7,9,11H,4-5,8,10H2,1-3H3. The van der Waals surface area contributed by atoms with Gasteiger partial charge in [0, 0.05) is 5.88 Å². The van der Waals surface area contributed by atoms with Gasteiger partial charge < -0.3 is 0 Å². The zero-order chi connectivity index (χ0) is 11.3. The van der Waals surface area contributed by atoms with Crippen LogP contribution in [0.3, 0.4) is 0 Å². The molecule has 0 aliphatic rings. The van der Waals surface area contributed by atoms with E-state index in [1.807, 2.05) is 0 Å². The Morgan fingerprint density at radius 3 is 2.47 bits per heavy atom. The molecule has 0 saturated heterocycles. The quantitative estimate of drug-likeness (QED) is 0.643. The molecule has 0 N–H and O–H groups in total. The lowest BCUT2D eigenvalue weighted by Gasteiger charge is -2.10. The van der Waals surface area contributed by atoms with Gasteiger partial charge in [0.2, 0.25) is 0 Å². The van der Waals surface area contributed by atoms with Crippen LogP contribution in [0.4, 0.5) is 0 Å². The maximum atomic E-state index is 5.98. The first-order valence-electron chi connectivity index (χ1n) is 5.84. The van der Waals surface area contributed by atoms with Crippen molar-refractivity contribution in [3.8, 4) is 0 Å². The van der Waals surface area contributed by atoms with E-state index in [1.165, 1.54) is 23.1 Å². The lowest BCUT2D eigenvalue weighted by molar-refractivity contribution is 0.646. The summed E-state index contributed by atoms with van der Waals surface area (Å²) in [5, 5.41) is 0. The molecule has 0 amide bonds. The van der Waals surface area contributed by atoms with E-state index in [-0.39, 0.29) is 0 Å². The fourth-order valence-electron chi connectivity index (χ4n) is 1.92. The van der Waals surface area contributed by atoms with Crippen LogP contribution in [0.2, 0.25) is 0 Å². The lowest BCUT2D eigenvalue weighted by Crippen LogP contribution is -1.98. The third-order valence-electron chi connectivity index (χ3n) is 2.58. The molecule has 0 aliphatic heterocycles. The van der Waals surface area contributed by atoms with Gasteiger partial charge in [0.25, 0.3) is 0 Å². The molecule has 0 atom stereocenters. The summed E-state index contributed by atoms with van der Waals surface area (Å²) in [6, 6.07) is 6.78. The molecule has 0 radical (unpaired) electrons. The molecule has 0 fully saturated rings. The summed E-state index contributed by atoms with van der Waals surface area (Å²) in [5.74, 6) is 1.35. The molecule has 84 valence electrons. The highest BCUT2D eigenvalue weighted by Crippen LogP contribution is 2.18. The lowest BCUT2D eigenvalue weighted by atomic mass is 9.97. The molecule has 0 saturated carbocycles. The first-order valence-corrected chi connectivity index (χ1v) is 6.37. The number of aryl methyl sites for hydroxylation is 1. The van der Waals surface area contributed by atoms with Gasteiger partial charge in [-0.15, -0.1) is 11.6 Å². The van der Waals surface area contributed by atoms with Gasteiger partial charge >= 0.3 is 0 Å². The minimum absolute atomic E-state index is 0.640. The molecular weight excluding hydrogens is 204 g/mol. The van der Waals surface area contributed by atoms with Crippen molar-refractivity contribution in [2.45, 2.75) is 45.9 Å². The van der Waals surface area contributed by atoms with Gasteiger partial charge in [0.05, 0.1) is 0 Å². The van der Waals surface area contributed by atoms with Crippen molar-refractivity contribution in [2.24, 2.45) is 5.92 Å². The Bertz CT molecular complexity index is 302. The first-order chi connectivity index (χ1) is 7.17. The Morgan fingerprint density at radius 2 is 1.93 bits per heavy atom. The van der Waals surface area contributed by atoms with Crippen LogP contribution in [0.15, 0.2) is 18.2 Å². The topological polar surface area (TPSA) is 0 Å². The molecule has 1 aromatic carbocycles. The van der Waals surface area contributed by atoms with E-state index in [9.17, 15) is 0 Å². The molecule has 1 rings (SSSR count). The monoisotopic (exact) mass is 224 g/mol. The Hall–Kier alpha value is -0.490. The third-order valence-corrected chi connectivity index (χ3v) is 2.87. The summed E-state index contributed by atoms with van der Waals surface area (Å²) < 4.78 is 0. The van der Waals surface area contributed by atoms with Crippen LogP contribution in [-0.2, 0) is 18.7 Å². The van der Waals surface area contributed by atoms with Gasteiger partial charge in [-0.2, -0.15) is 0 Å². The van der Waals surface area contributed by atoms with Crippen LogP contribution in [0.5, 0.6) is 0 Å². The second-order valence-corrected chi connectivity index (χ2v) is 4.85. The fraction of sp³-hybridized carbons (Fsp3) is 0.571. The third kappa shape index (κ3) is 3.87. The molecule has 1 heteroatoms. The normalized spacial score (nSPS) is 11.0. The summed E-state index contributed by atoms with van der Waals surface area (Å²) in [5.41, 5.74) is 4.15. The number of hydrogen-bond acceptors (Lipinski definition) is 0. The molecular formula is C14H21Cl. The summed E-state index contributed by atoms with van der Waals surface area (Å²) in [7, 11) is 0. The number of benzene rings is 1. The smallest absolute Gasteiger partial charge is 0.0476 e. The highest BCUT2D eigenvalue weighted by molar-refractivity contribution is 6.17. The van der Waals surface area contributed by atoms with E-state index in [1.54, 1.807) is 0 Å². The van der Waals surface area contributed by atoms with E-state index >= 15 is 0 Å². The molecule has 0 aromatic heterocycles. The van der Waals surface area contributed by atoms with Crippen molar-refractivity contribution in [2.75, 3.05) is 0 Å². The SMILES string of the molecule is CCCc1ccc(CC(C)C)cc1CCl. The second-order valence-electron chi connectivity index (χ2n) is 4.58. The van der Waals surface area contributed by atoms with Crippen LogP contribution in [0.25, 0.3) is 0 Å². The van der Waals surface area contributed by atoms with E-state index in [2.05, 4.69) is 39.0 Å². The Labute approximate surface area is 98.7 Å². The Kier molecular flexibility index (Phi) is 5.17. The predicted octanol–water partition coefficient (Wildman–Crippen LogP) is 4.58. The average Bonchev–Trinajstić information content (AvgIpc) is 2.20. The van der Waals surface area contributed by atoms with Gasteiger partial charge in [0.1, 0.15) is 0 Å². The van der Waals surface area contributed by atoms with Crippen molar-refractivity contribution in [1.82, 2.24) is 0 Å². The van der Waals surface area contributed by atoms with Crippen molar-refractivity contribution in [3.05, 3.63) is 34.9 Å². The largest absolute Gasteiger partial charge is 0.122 e. The zero-order valence-corrected chi connectivity index (χ0v) is 10.8. The molecule has 0 bridgehead atoms. The van der Waals surface area contributed by atoms with Crippen LogP contribution in [-0.4, -0.2) is 0 Å². The second kappa shape index (κ2) is 6.17. The van der Waals surface area contributed by atoms with E-state index in [0.29, 0.717) is 11.8 Å². The van der Waals surface area contributed by atoms with Gasteiger partial charge in [-0.05, 0) is 35.4 Å². The van der Waals surface area contributed by atoms with E-state index in [4.69, 9.17) is 11.6 Å². The molecule has 0 aliphatic carbocycles. The Balaban J connectivity index is 2.86. The minimum atomic E-state index is 0.640. The maximum Gasteiger partial charge on any atom is 0.0476 e. The molecule has 1 aromatic rings. The molecule has 0 unspecified atom stereocenters. The summed E-state index contributed by atoms with van der Waals surface area (Å²) in [6.45, 7) is 6.71. The maximum absolute atomic E-state index is 5.98. The van der Waals surface area contributed by atoms with Crippen LogP contribution in [0, 0.1) is 5.92 Å². The van der Waals surface area contributed by atoms with Crippen molar-refractivity contribution >= 4 is 11.6 Å². The van der Waals surface area contributed by atoms with E-state index in [0.717, 1.165) is 12.8 Å². The molecule has 15 heavy (non-hydrogen) atoms. The van der Waals surface area contributed by atoms with Crippen molar-refractivity contribution < 1.29 is 0 Å². The van der Waals surface area contributed by atoms with Crippen LogP contribution >= 0.6 is 11.6 Å². The van der Waals surface area contributed by atoms with Crippen molar-refractivity contribution in [3.63, 3.8) is 0 Å². The highest BCUT2D eigenvalue weighted by Gasteiger charge is 2.04. The summed E-state index contributed by atoms with van der Waals surface area (Å²) >= 11 is 5.98. The summed E-state index contributed by atoms with van der Waals surface area (Å²) in [6.07, 6.45) is 3.48. The van der Waals surface area contributed by atoms with Gasteiger partial charge in [-0.25, -0.2) is 0 Å². The number of alkyl halides is 1. The molecule has 0 heterocycles. The minimum Gasteiger partial charge on any atom is -0.122 e. The fourth-order valence-corrected chi connectivity index (χ4v) is 2.16. The van der Waals surface area contributed by atoms with Crippen molar-refractivity contribution in [1.29, 1.82) is 0 Å².